The van der Waals surface area contributed by atoms with Crippen molar-refractivity contribution in [3.8, 4) is 11.4 Å². The highest BCUT2D eigenvalue weighted by Gasteiger charge is 2.39. The fraction of sp³-hybridized carbons (Fsp3) is 0.375. The van der Waals surface area contributed by atoms with Crippen LogP contribution in [0.2, 0.25) is 0 Å². The first kappa shape index (κ1) is 11.9. The van der Waals surface area contributed by atoms with Crippen molar-refractivity contribution in [3.63, 3.8) is 0 Å². The van der Waals surface area contributed by atoms with Gasteiger partial charge >= 0.3 is 0 Å². The lowest BCUT2D eigenvalue weighted by Gasteiger charge is -2.43. The van der Waals surface area contributed by atoms with Crippen molar-refractivity contribution in [2.24, 2.45) is 0 Å². The van der Waals surface area contributed by atoms with Crippen molar-refractivity contribution in [3.05, 3.63) is 42.2 Å². The first-order chi connectivity index (χ1) is 9.82. The van der Waals surface area contributed by atoms with Gasteiger partial charge in [-0.3, -0.25) is 0 Å². The molecular weight excluding hydrogens is 250 g/mol. The van der Waals surface area contributed by atoms with Crippen molar-refractivity contribution >= 4 is 5.69 Å². The third kappa shape index (κ3) is 1.58. The Morgan fingerprint density at radius 3 is 2.85 bits per heavy atom. The largest absolute Gasteiger partial charge is 0.497 e. The molecule has 0 bridgehead atoms. The molecular formula is C16H19N3O. The molecule has 4 rings (SSSR count). The molecule has 2 aromatic rings. The summed E-state index contributed by atoms with van der Waals surface area (Å²) < 4.78 is 7.68. The third-order valence-electron chi connectivity index (χ3n) is 4.53. The molecule has 2 N–H and O–H groups in total. The van der Waals surface area contributed by atoms with Crippen LogP contribution in [0.15, 0.2) is 36.5 Å². The minimum Gasteiger partial charge on any atom is -0.497 e. The molecule has 1 saturated heterocycles. The highest BCUT2D eigenvalue weighted by Crippen LogP contribution is 2.43. The van der Waals surface area contributed by atoms with Crippen LogP contribution in [0.4, 0.5) is 5.69 Å². The molecule has 0 atom stereocenters. The van der Waals surface area contributed by atoms with Gasteiger partial charge in [-0.25, -0.2) is 0 Å². The molecule has 2 aliphatic heterocycles. The van der Waals surface area contributed by atoms with E-state index in [2.05, 4.69) is 45.7 Å². The minimum absolute atomic E-state index is 0.0497. The molecule has 2 aliphatic rings. The Balaban J connectivity index is 1.88. The molecule has 4 nitrogen and oxygen atoms in total. The van der Waals surface area contributed by atoms with E-state index in [1.54, 1.807) is 7.11 Å². The van der Waals surface area contributed by atoms with Gasteiger partial charge in [0.2, 0.25) is 0 Å². The fourth-order valence-electron chi connectivity index (χ4n) is 3.49. The van der Waals surface area contributed by atoms with Crippen LogP contribution in [0.3, 0.4) is 0 Å². The molecule has 1 aromatic carbocycles. The van der Waals surface area contributed by atoms with Crippen LogP contribution in [0.1, 0.15) is 18.5 Å². The van der Waals surface area contributed by atoms with Crippen LogP contribution in [0, 0.1) is 0 Å². The molecule has 4 heteroatoms. The van der Waals surface area contributed by atoms with Gasteiger partial charge in [0.1, 0.15) is 5.75 Å². The summed E-state index contributed by atoms with van der Waals surface area (Å²) in [6, 6.07) is 10.6. The lowest BCUT2D eigenvalue weighted by molar-refractivity contribution is 0.330. The second kappa shape index (κ2) is 4.28. The lowest BCUT2D eigenvalue weighted by atomic mass is 9.83. The molecule has 0 unspecified atom stereocenters. The average molecular weight is 269 g/mol. The van der Waals surface area contributed by atoms with Crippen LogP contribution in [0.25, 0.3) is 5.69 Å². The second-order valence-electron chi connectivity index (χ2n) is 5.60. The molecule has 0 saturated carbocycles. The van der Waals surface area contributed by atoms with Gasteiger partial charge in [0, 0.05) is 18.0 Å². The molecule has 1 fully saturated rings. The van der Waals surface area contributed by atoms with Gasteiger partial charge in [-0.1, -0.05) is 0 Å². The van der Waals surface area contributed by atoms with E-state index in [0.717, 1.165) is 37.4 Å². The maximum absolute atomic E-state index is 5.36. The molecule has 1 aromatic heterocycles. The Hall–Kier alpha value is -1.94. The number of methoxy groups -OCH3 is 1. The Kier molecular flexibility index (Phi) is 2.54. The monoisotopic (exact) mass is 269 g/mol. The van der Waals surface area contributed by atoms with Crippen LogP contribution in [0.5, 0.6) is 5.75 Å². The second-order valence-corrected chi connectivity index (χ2v) is 5.60. The summed E-state index contributed by atoms with van der Waals surface area (Å²) in [6.45, 7) is 2.11. The number of nitrogens with one attached hydrogen (secondary N) is 2. The number of benzene rings is 1. The van der Waals surface area contributed by atoms with Gasteiger partial charge in [-0.15, -0.1) is 0 Å². The predicted octanol–water partition coefficient (Wildman–Crippen LogP) is 2.49. The van der Waals surface area contributed by atoms with Gasteiger partial charge < -0.3 is 19.9 Å². The number of aromatic nitrogens is 1. The molecule has 104 valence electrons. The Bertz CT molecular complexity index is 641. The highest BCUT2D eigenvalue weighted by molar-refractivity contribution is 5.69. The standard InChI is InChI=1S/C16H19N3O/c1-20-12-4-5-14-13(11-12)18-16(6-8-17-9-7-16)15-3-2-10-19(14)15/h2-5,10-11,17-18H,6-9H2,1H3. The number of rotatable bonds is 1. The van der Waals surface area contributed by atoms with Crippen molar-refractivity contribution in [2.45, 2.75) is 18.4 Å². The Morgan fingerprint density at radius 2 is 2.05 bits per heavy atom. The molecule has 3 heterocycles. The van der Waals surface area contributed by atoms with E-state index in [0.29, 0.717) is 0 Å². The summed E-state index contributed by atoms with van der Waals surface area (Å²) in [5, 5.41) is 7.24. The summed E-state index contributed by atoms with van der Waals surface area (Å²) in [5.74, 6) is 0.899. The number of piperidine rings is 1. The van der Waals surface area contributed by atoms with E-state index >= 15 is 0 Å². The van der Waals surface area contributed by atoms with Crippen molar-refractivity contribution in [1.29, 1.82) is 0 Å². The molecule has 1 spiro atoms. The van der Waals surface area contributed by atoms with Crippen molar-refractivity contribution < 1.29 is 4.74 Å². The number of ether oxygens (including phenoxy) is 1. The number of hydrogen-bond acceptors (Lipinski definition) is 3. The first-order valence-electron chi connectivity index (χ1n) is 7.18. The van der Waals surface area contributed by atoms with Crippen LogP contribution in [-0.2, 0) is 5.54 Å². The maximum Gasteiger partial charge on any atom is 0.121 e. The molecule has 0 aliphatic carbocycles. The maximum atomic E-state index is 5.36. The Morgan fingerprint density at radius 1 is 1.20 bits per heavy atom. The molecule has 20 heavy (non-hydrogen) atoms. The first-order valence-corrected chi connectivity index (χ1v) is 7.18. The Labute approximate surface area is 118 Å². The normalized spacial score (nSPS) is 19.1. The smallest absolute Gasteiger partial charge is 0.121 e. The van der Waals surface area contributed by atoms with Crippen LogP contribution < -0.4 is 15.4 Å². The van der Waals surface area contributed by atoms with E-state index in [4.69, 9.17) is 4.74 Å². The average Bonchev–Trinajstić information content (AvgIpc) is 2.98. The summed E-state index contributed by atoms with van der Waals surface area (Å²) in [7, 11) is 1.71. The van der Waals surface area contributed by atoms with E-state index in [1.165, 1.54) is 11.4 Å². The number of hydrogen-bond donors (Lipinski definition) is 2. The minimum atomic E-state index is 0.0497. The highest BCUT2D eigenvalue weighted by atomic mass is 16.5. The lowest BCUT2D eigenvalue weighted by Crippen LogP contribution is -2.48. The predicted molar refractivity (Wildman–Crippen MR) is 79.7 cm³/mol. The zero-order chi connectivity index (χ0) is 13.6. The van der Waals surface area contributed by atoms with Gasteiger partial charge in [-0.05, 0) is 50.2 Å². The van der Waals surface area contributed by atoms with Crippen molar-refractivity contribution in [2.75, 3.05) is 25.5 Å². The molecule has 0 amide bonds. The quantitative estimate of drug-likeness (QED) is 0.835. The zero-order valence-electron chi connectivity index (χ0n) is 11.6. The van der Waals surface area contributed by atoms with Crippen LogP contribution >= 0.6 is 0 Å². The number of fused-ring (bicyclic) bond motifs is 4. The van der Waals surface area contributed by atoms with Crippen molar-refractivity contribution in [1.82, 2.24) is 9.88 Å². The van der Waals surface area contributed by atoms with Gasteiger partial charge in [0.25, 0.3) is 0 Å². The summed E-state index contributed by atoms with van der Waals surface area (Å²) in [5.41, 5.74) is 3.79. The third-order valence-corrected chi connectivity index (χ3v) is 4.53. The molecule has 0 radical (unpaired) electrons. The van der Waals surface area contributed by atoms with Gasteiger partial charge in [0.05, 0.1) is 24.0 Å². The van der Waals surface area contributed by atoms with E-state index in [1.807, 2.05) is 6.07 Å². The van der Waals surface area contributed by atoms with Gasteiger partial charge in [-0.2, -0.15) is 0 Å². The summed E-state index contributed by atoms with van der Waals surface area (Å²) in [4.78, 5) is 0. The zero-order valence-corrected chi connectivity index (χ0v) is 11.6. The summed E-state index contributed by atoms with van der Waals surface area (Å²) >= 11 is 0. The fourth-order valence-corrected chi connectivity index (χ4v) is 3.49. The van der Waals surface area contributed by atoms with Crippen LogP contribution in [-0.4, -0.2) is 24.8 Å². The summed E-state index contributed by atoms with van der Waals surface area (Å²) in [6.07, 6.45) is 4.37. The number of nitrogens with zero attached hydrogens (tertiary/aromatic N) is 1. The van der Waals surface area contributed by atoms with Gasteiger partial charge in [0.15, 0.2) is 0 Å². The van der Waals surface area contributed by atoms with E-state index in [-0.39, 0.29) is 5.54 Å². The van der Waals surface area contributed by atoms with E-state index < -0.39 is 0 Å². The van der Waals surface area contributed by atoms with E-state index in [9.17, 15) is 0 Å². The number of anilines is 1. The topological polar surface area (TPSA) is 38.2 Å². The SMILES string of the molecule is COc1ccc2c(c1)NC1(CCNCC1)c1cccn1-2.